The summed E-state index contributed by atoms with van der Waals surface area (Å²) >= 11 is 0. The number of rotatable bonds is 6. The highest BCUT2D eigenvalue weighted by molar-refractivity contribution is 7.46. The van der Waals surface area contributed by atoms with Gasteiger partial charge < -0.3 is 19.4 Å². The van der Waals surface area contributed by atoms with Gasteiger partial charge in [-0.2, -0.15) is 0 Å². The molecule has 1 saturated heterocycles. The Morgan fingerprint density at radius 2 is 2.17 bits per heavy atom. The Morgan fingerprint density at radius 1 is 1.50 bits per heavy atom. The lowest BCUT2D eigenvalue weighted by Gasteiger charge is -2.24. The van der Waals surface area contributed by atoms with E-state index in [1.807, 2.05) is 6.92 Å². The van der Waals surface area contributed by atoms with Crippen molar-refractivity contribution in [2.24, 2.45) is 0 Å². The summed E-state index contributed by atoms with van der Waals surface area (Å²) in [6, 6.07) is -0.332. The molecule has 1 rings (SSSR count). The highest BCUT2D eigenvalue weighted by Crippen LogP contribution is 2.37. The first-order valence-corrected chi connectivity index (χ1v) is 7.42. The number of phosphoric acid groups is 1. The maximum atomic E-state index is 11.9. The van der Waals surface area contributed by atoms with Crippen molar-refractivity contribution in [2.75, 3.05) is 20.3 Å². The van der Waals surface area contributed by atoms with E-state index in [4.69, 9.17) is 14.5 Å². The lowest BCUT2D eigenvalue weighted by atomic mass is 10.2. The van der Waals surface area contributed by atoms with Gasteiger partial charge in [0.15, 0.2) is 0 Å². The molecule has 1 aliphatic rings. The topological polar surface area (TPSA) is 96.3 Å². The number of carbonyl (C=O) groups is 1. The Hall–Kier alpha value is -0.460. The summed E-state index contributed by atoms with van der Waals surface area (Å²) in [4.78, 5) is 30.8. The van der Waals surface area contributed by atoms with Crippen LogP contribution in [0.25, 0.3) is 0 Å². The van der Waals surface area contributed by atoms with Crippen LogP contribution in [0.15, 0.2) is 0 Å². The van der Waals surface area contributed by atoms with E-state index >= 15 is 0 Å². The predicted molar refractivity (Wildman–Crippen MR) is 63.8 cm³/mol. The van der Waals surface area contributed by atoms with Crippen LogP contribution < -0.4 is 0 Å². The van der Waals surface area contributed by atoms with E-state index in [0.717, 1.165) is 6.42 Å². The maximum absolute atomic E-state index is 11.9. The molecule has 2 N–H and O–H groups in total. The minimum absolute atomic E-state index is 0.0311. The van der Waals surface area contributed by atoms with Crippen molar-refractivity contribution >= 4 is 13.7 Å². The van der Waals surface area contributed by atoms with Crippen molar-refractivity contribution in [3.05, 3.63) is 0 Å². The van der Waals surface area contributed by atoms with Crippen LogP contribution in [0, 0.1) is 0 Å². The molecule has 1 heterocycles. The van der Waals surface area contributed by atoms with Crippen molar-refractivity contribution in [3.8, 4) is 0 Å². The molecule has 0 unspecified atom stereocenters. The Balaban J connectivity index is 2.61. The molecule has 0 aromatic rings. The minimum Gasteiger partial charge on any atom is -0.380 e. The third kappa shape index (κ3) is 4.66. The zero-order chi connectivity index (χ0) is 13.8. The zero-order valence-corrected chi connectivity index (χ0v) is 11.5. The molecule has 0 radical (unpaired) electrons. The summed E-state index contributed by atoms with van der Waals surface area (Å²) in [7, 11) is -2.94. The highest BCUT2D eigenvalue weighted by atomic mass is 31.2. The number of methoxy groups -OCH3 is 1. The third-order valence-corrected chi connectivity index (χ3v) is 3.41. The van der Waals surface area contributed by atoms with E-state index in [9.17, 15) is 9.36 Å². The molecule has 1 amide bonds. The second-order valence-corrected chi connectivity index (χ2v) is 5.57. The summed E-state index contributed by atoms with van der Waals surface area (Å²) in [6.45, 7) is 2.19. The lowest BCUT2D eigenvalue weighted by molar-refractivity contribution is -0.133. The van der Waals surface area contributed by atoms with Crippen LogP contribution in [0.2, 0.25) is 0 Å². The van der Waals surface area contributed by atoms with Gasteiger partial charge in [-0.25, -0.2) is 4.57 Å². The van der Waals surface area contributed by atoms with E-state index in [0.29, 0.717) is 19.4 Å². The highest BCUT2D eigenvalue weighted by Gasteiger charge is 2.36. The number of nitrogens with zero attached hydrogens (tertiary/aromatic N) is 1. The monoisotopic (exact) mass is 281 g/mol. The van der Waals surface area contributed by atoms with E-state index < -0.39 is 7.82 Å². The minimum atomic E-state index is -4.50. The van der Waals surface area contributed by atoms with Crippen LogP contribution in [0.1, 0.15) is 26.2 Å². The van der Waals surface area contributed by atoms with Gasteiger partial charge in [0.1, 0.15) is 0 Å². The molecule has 0 bridgehead atoms. The summed E-state index contributed by atoms with van der Waals surface area (Å²) in [5.74, 6) is -0.0311. The van der Waals surface area contributed by atoms with Crippen LogP contribution in [0.5, 0.6) is 0 Å². The number of hydrogen-bond donors (Lipinski definition) is 2. The van der Waals surface area contributed by atoms with Crippen LogP contribution in [-0.2, 0) is 18.6 Å². The first-order chi connectivity index (χ1) is 8.37. The SMILES string of the molecule is CCCC(=O)N1C[C@H](OC)C[C@H]1COP(=O)(O)O. The average molecular weight is 281 g/mol. The summed E-state index contributed by atoms with van der Waals surface area (Å²) in [5.41, 5.74) is 0. The number of hydrogen-bond acceptors (Lipinski definition) is 4. The van der Waals surface area contributed by atoms with Crippen LogP contribution in [-0.4, -0.2) is 53.0 Å². The van der Waals surface area contributed by atoms with Gasteiger partial charge in [0.2, 0.25) is 5.91 Å². The molecule has 8 heteroatoms. The van der Waals surface area contributed by atoms with E-state index in [-0.39, 0.29) is 24.7 Å². The smallest absolute Gasteiger partial charge is 0.380 e. The van der Waals surface area contributed by atoms with Gasteiger partial charge in [-0.1, -0.05) is 6.92 Å². The standard InChI is InChI=1S/C10H20NO6P/c1-3-4-10(12)11-6-9(16-2)5-8(11)7-17-18(13,14)15/h8-9H,3-7H2,1-2H3,(H2,13,14,15)/t8-,9+/m0/s1. The second-order valence-electron chi connectivity index (χ2n) is 4.33. The van der Waals surface area contributed by atoms with Gasteiger partial charge in [-0.05, 0) is 12.8 Å². The largest absolute Gasteiger partial charge is 0.469 e. The number of amides is 1. The molecule has 0 aromatic carbocycles. The van der Waals surface area contributed by atoms with E-state index in [2.05, 4.69) is 4.52 Å². The number of likely N-dealkylation sites (tertiary alicyclic amines) is 1. The van der Waals surface area contributed by atoms with Crippen LogP contribution in [0.3, 0.4) is 0 Å². The zero-order valence-electron chi connectivity index (χ0n) is 10.6. The summed E-state index contributed by atoms with van der Waals surface area (Å²) in [5, 5.41) is 0. The molecule has 1 fully saturated rings. The fraction of sp³-hybridized carbons (Fsp3) is 0.900. The first-order valence-electron chi connectivity index (χ1n) is 5.89. The molecule has 1 aliphatic heterocycles. The first kappa shape index (κ1) is 15.6. The Bertz CT molecular complexity index is 330. The summed E-state index contributed by atoms with van der Waals surface area (Å²) in [6.07, 6.45) is 1.59. The molecule has 0 saturated carbocycles. The fourth-order valence-electron chi connectivity index (χ4n) is 2.05. The molecule has 0 aliphatic carbocycles. The number of carbonyl (C=O) groups excluding carboxylic acids is 1. The van der Waals surface area contributed by atoms with Gasteiger partial charge in [0.25, 0.3) is 0 Å². The second kappa shape index (κ2) is 6.63. The van der Waals surface area contributed by atoms with Gasteiger partial charge in [-0.3, -0.25) is 9.32 Å². The lowest BCUT2D eigenvalue weighted by Crippen LogP contribution is -2.38. The van der Waals surface area contributed by atoms with Gasteiger partial charge in [-0.15, -0.1) is 0 Å². The molecule has 7 nitrogen and oxygen atoms in total. The van der Waals surface area contributed by atoms with E-state index in [1.54, 1.807) is 12.0 Å². The Morgan fingerprint density at radius 3 is 2.67 bits per heavy atom. The molecule has 18 heavy (non-hydrogen) atoms. The average Bonchev–Trinajstić information content (AvgIpc) is 2.69. The Labute approximate surface area is 106 Å². The molecule has 0 spiro atoms. The van der Waals surface area contributed by atoms with Crippen LogP contribution >= 0.6 is 7.82 Å². The quantitative estimate of drug-likeness (QED) is 0.689. The number of phosphoric ester groups is 1. The third-order valence-electron chi connectivity index (χ3n) is 2.93. The van der Waals surface area contributed by atoms with Gasteiger partial charge >= 0.3 is 7.82 Å². The molecular formula is C10H20NO6P. The van der Waals surface area contributed by atoms with Crippen LogP contribution in [0.4, 0.5) is 0 Å². The van der Waals surface area contributed by atoms with Crippen molar-refractivity contribution in [1.82, 2.24) is 4.90 Å². The number of ether oxygens (including phenoxy) is 1. The van der Waals surface area contributed by atoms with E-state index in [1.165, 1.54) is 0 Å². The van der Waals surface area contributed by atoms with Crippen molar-refractivity contribution < 1.29 is 28.4 Å². The molecule has 2 atom stereocenters. The molecule has 106 valence electrons. The van der Waals surface area contributed by atoms with Gasteiger partial charge in [0, 0.05) is 20.1 Å². The van der Waals surface area contributed by atoms with Gasteiger partial charge in [0.05, 0.1) is 18.8 Å². The van der Waals surface area contributed by atoms with Crippen molar-refractivity contribution in [1.29, 1.82) is 0 Å². The molecular weight excluding hydrogens is 261 g/mol. The molecule has 0 aromatic heterocycles. The van der Waals surface area contributed by atoms with Crippen molar-refractivity contribution in [3.63, 3.8) is 0 Å². The summed E-state index contributed by atoms with van der Waals surface area (Å²) < 4.78 is 20.3. The predicted octanol–water partition coefficient (Wildman–Crippen LogP) is 0.512. The Kier molecular flexibility index (Phi) is 5.75. The normalized spacial score (nSPS) is 24.6. The maximum Gasteiger partial charge on any atom is 0.469 e. The van der Waals surface area contributed by atoms with Crippen molar-refractivity contribution in [2.45, 2.75) is 38.3 Å². The fourth-order valence-corrected chi connectivity index (χ4v) is 2.41.